The smallest absolute Gasteiger partial charge is 0.353 e. The van der Waals surface area contributed by atoms with Gasteiger partial charge in [0.15, 0.2) is 11.3 Å². The molecular weight excluding hydrogens is 252 g/mol. The van der Waals surface area contributed by atoms with Crippen molar-refractivity contribution in [3.8, 4) is 0 Å². The first-order valence-electron chi connectivity index (χ1n) is 5.59. The third-order valence-corrected chi connectivity index (χ3v) is 2.73. The number of amides is 1. The zero-order valence-electron chi connectivity index (χ0n) is 9.81. The van der Waals surface area contributed by atoms with Crippen LogP contribution in [0.5, 0.6) is 0 Å². The SMILES string of the molecule is NC(=O)c1ncn2c(=O)n(CC3=CCCO3)nnc12. The summed E-state index contributed by atoms with van der Waals surface area (Å²) in [7, 11) is 0. The number of fused-ring (bicyclic) bond motifs is 1. The van der Waals surface area contributed by atoms with Crippen molar-refractivity contribution >= 4 is 11.6 Å². The summed E-state index contributed by atoms with van der Waals surface area (Å²) in [6, 6.07) is 0. The number of hydrogen-bond acceptors (Lipinski definition) is 6. The fourth-order valence-electron chi connectivity index (χ4n) is 1.84. The molecule has 2 aromatic heterocycles. The van der Waals surface area contributed by atoms with Crippen molar-refractivity contribution in [3.05, 3.63) is 34.3 Å². The van der Waals surface area contributed by atoms with E-state index in [1.807, 2.05) is 6.08 Å². The molecular formula is C10H10N6O3. The minimum atomic E-state index is -0.754. The van der Waals surface area contributed by atoms with E-state index < -0.39 is 11.6 Å². The van der Waals surface area contributed by atoms with E-state index in [4.69, 9.17) is 10.5 Å². The lowest BCUT2D eigenvalue weighted by Gasteiger charge is -2.05. The molecule has 19 heavy (non-hydrogen) atoms. The van der Waals surface area contributed by atoms with E-state index >= 15 is 0 Å². The lowest BCUT2D eigenvalue weighted by Crippen LogP contribution is -2.30. The minimum absolute atomic E-state index is 0.0510. The first kappa shape index (κ1) is 11.4. The predicted molar refractivity (Wildman–Crippen MR) is 62.2 cm³/mol. The molecule has 0 aromatic carbocycles. The van der Waals surface area contributed by atoms with Gasteiger partial charge in [-0.3, -0.25) is 4.79 Å². The lowest BCUT2D eigenvalue weighted by atomic mass is 10.4. The Morgan fingerprint density at radius 3 is 3.05 bits per heavy atom. The summed E-state index contributed by atoms with van der Waals surface area (Å²) in [4.78, 5) is 26.9. The van der Waals surface area contributed by atoms with E-state index in [-0.39, 0.29) is 17.9 Å². The number of carbonyl (C=O) groups is 1. The van der Waals surface area contributed by atoms with Gasteiger partial charge >= 0.3 is 5.69 Å². The average Bonchev–Trinajstić information content (AvgIpc) is 3.01. The summed E-state index contributed by atoms with van der Waals surface area (Å²) >= 11 is 0. The van der Waals surface area contributed by atoms with Gasteiger partial charge in [-0.15, -0.1) is 5.10 Å². The number of ether oxygens (including phenoxy) is 1. The fourth-order valence-corrected chi connectivity index (χ4v) is 1.84. The van der Waals surface area contributed by atoms with E-state index in [0.29, 0.717) is 12.4 Å². The van der Waals surface area contributed by atoms with Crippen molar-refractivity contribution in [2.24, 2.45) is 5.73 Å². The van der Waals surface area contributed by atoms with Gasteiger partial charge in [-0.25, -0.2) is 14.2 Å². The fraction of sp³-hybridized carbons (Fsp3) is 0.300. The van der Waals surface area contributed by atoms with Crippen LogP contribution in [0.15, 0.2) is 23.0 Å². The Morgan fingerprint density at radius 1 is 1.53 bits per heavy atom. The molecule has 3 rings (SSSR count). The Labute approximate surface area is 106 Å². The highest BCUT2D eigenvalue weighted by atomic mass is 16.5. The predicted octanol–water partition coefficient (Wildman–Crippen LogP) is -1.31. The zero-order chi connectivity index (χ0) is 13.4. The minimum Gasteiger partial charge on any atom is -0.496 e. The molecule has 0 radical (unpaired) electrons. The maximum atomic E-state index is 12.1. The normalized spacial score (nSPS) is 14.4. The zero-order valence-corrected chi connectivity index (χ0v) is 9.81. The van der Waals surface area contributed by atoms with Crippen LogP contribution >= 0.6 is 0 Å². The molecule has 2 aromatic rings. The molecule has 0 spiro atoms. The second-order valence-electron chi connectivity index (χ2n) is 3.99. The number of primary amides is 1. The first-order chi connectivity index (χ1) is 9.16. The Bertz CT molecular complexity index is 743. The standard InChI is InChI=1S/C10H10N6O3/c11-8(17)7-9-13-14-16(4-6-2-1-3-19-6)10(18)15(9)5-12-7/h2,5H,1,3-4H2,(H2,11,17). The third kappa shape index (κ3) is 1.84. The number of rotatable bonds is 3. The van der Waals surface area contributed by atoms with Gasteiger partial charge in [0, 0.05) is 6.42 Å². The van der Waals surface area contributed by atoms with E-state index in [9.17, 15) is 9.59 Å². The molecule has 0 aliphatic carbocycles. The molecule has 1 aliphatic heterocycles. The summed E-state index contributed by atoms with van der Waals surface area (Å²) in [6.07, 6.45) is 3.91. The number of hydrogen-bond donors (Lipinski definition) is 1. The molecule has 1 amide bonds. The molecule has 9 heteroatoms. The average molecular weight is 262 g/mol. The van der Waals surface area contributed by atoms with Crippen molar-refractivity contribution in [2.75, 3.05) is 6.61 Å². The second-order valence-corrected chi connectivity index (χ2v) is 3.99. The van der Waals surface area contributed by atoms with Gasteiger partial charge in [0.05, 0.1) is 6.61 Å². The molecule has 2 N–H and O–H groups in total. The van der Waals surface area contributed by atoms with Crippen molar-refractivity contribution in [3.63, 3.8) is 0 Å². The molecule has 0 atom stereocenters. The molecule has 0 bridgehead atoms. The maximum absolute atomic E-state index is 12.1. The first-order valence-corrected chi connectivity index (χ1v) is 5.59. The number of nitrogens with two attached hydrogens (primary N) is 1. The largest absolute Gasteiger partial charge is 0.496 e. The van der Waals surface area contributed by atoms with Crippen LogP contribution < -0.4 is 11.4 Å². The van der Waals surface area contributed by atoms with E-state index in [0.717, 1.165) is 15.5 Å². The van der Waals surface area contributed by atoms with Crippen LogP contribution in [0.25, 0.3) is 5.65 Å². The van der Waals surface area contributed by atoms with Crippen molar-refractivity contribution in [2.45, 2.75) is 13.0 Å². The highest BCUT2D eigenvalue weighted by molar-refractivity contribution is 5.96. The quantitative estimate of drug-likeness (QED) is 0.733. The summed E-state index contributed by atoms with van der Waals surface area (Å²) in [6.45, 7) is 0.808. The van der Waals surface area contributed by atoms with Gasteiger partial charge in [-0.2, -0.15) is 4.68 Å². The molecule has 3 heterocycles. The molecule has 98 valence electrons. The van der Waals surface area contributed by atoms with E-state index in [1.54, 1.807) is 0 Å². The molecule has 1 aliphatic rings. The number of imidazole rings is 1. The number of carbonyl (C=O) groups excluding carboxylic acids is 1. The Balaban J connectivity index is 2.06. The van der Waals surface area contributed by atoms with Crippen molar-refractivity contribution in [1.82, 2.24) is 24.4 Å². The van der Waals surface area contributed by atoms with Crippen LogP contribution in [0.4, 0.5) is 0 Å². The lowest BCUT2D eigenvalue weighted by molar-refractivity contribution is 0.0997. The Hall–Kier alpha value is -2.71. The molecule has 0 unspecified atom stereocenters. The highest BCUT2D eigenvalue weighted by Crippen LogP contribution is 2.10. The van der Waals surface area contributed by atoms with Gasteiger partial charge < -0.3 is 10.5 Å². The van der Waals surface area contributed by atoms with E-state index in [1.165, 1.54) is 6.33 Å². The van der Waals surface area contributed by atoms with Gasteiger partial charge in [-0.05, 0) is 6.08 Å². The summed E-state index contributed by atoms with van der Waals surface area (Å²) in [5, 5.41) is 7.54. The second kappa shape index (κ2) is 4.19. The molecule has 0 saturated heterocycles. The maximum Gasteiger partial charge on any atom is 0.353 e. The van der Waals surface area contributed by atoms with Crippen LogP contribution in [0.3, 0.4) is 0 Å². The number of allylic oxidation sites excluding steroid dienone is 1. The topological polar surface area (TPSA) is 117 Å². The van der Waals surface area contributed by atoms with Crippen LogP contribution in [0.2, 0.25) is 0 Å². The Kier molecular flexibility index (Phi) is 2.51. The summed E-state index contributed by atoms with van der Waals surface area (Å²) in [5.74, 6) is -0.0817. The van der Waals surface area contributed by atoms with Gasteiger partial charge in [0.25, 0.3) is 5.91 Å². The highest BCUT2D eigenvalue weighted by Gasteiger charge is 2.16. The van der Waals surface area contributed by atoms with Gasteiger partial charge in [-0.1, -0.05) is 5.21 Å². The Morgan fingerprint density at radius 2 is 2.37 bits per heavy atom. The van der Waals surface area contributed by atoms with Crippen molar-refractivity contribution < 1.29 is 9.53 Å². The molecule has 0 saturated carbocycles. The van der Waals surface area contributed by atoms with Crippen molar-refractivity contribution in [1.29, 1.82) is 0 Å². The molecule has 0 fully saturated rings. The van der Waals surface area contributed by atoms with Crippen LogP contribution in [0.1, 0.15) is 16.9 Å². The third-order valence-electron chi connectivity index (χ3n) is 2.73. The monoisotopic (exact) mass is 262 g/mol. The number of nitrogens with zero attached hydrogens (tertiary/aromatic N) is 5. The van der Waals surface area contributed by atoms with Crippen LogP contribution in [-0.2, 0) is 11.3 Å². The summed E-state index contributed by atoms with van der Waals surface area (Å²) in [5.41, 5.74) is 4.64. The van der Waals surface area contributed by atoms with E-state index in [2.05, 4.69) is 15.3 Å². The van der Waals surface area contributed by atoms with Gasteiger partial charge in [0.1, 0.15) is 18.6 Å². The van der Waals surface area contributed by atoms with Crippen LogP contribution in [0, 0.1) is 0 Å². The summed E-state index contributed by atoms with van der Waals surface area (Å²) < 4.78 is 7.57. The molecule has 9 nitrogen and oxygen atoms in total. The van der Waals surface area contributed by atoms with Gasteiger partial charge in [0.2, 0.25) is 0 Å². The number of aromatic nitrogens is 5. The van der Waals surface area contributed by atoms with Crippen LogP contribution in [-0.4, -0.2) is 36.9 Å².